The third-order valence-corrected chi connectivity index (χ3v) is 3.93. The summed E-state index contributed by atoms with van der Waals surface area (Å²) in [6.07, 6.45) is 5.00. The lowest BCUT2D eigenvalue weighted by Crippen LogP contribution is -2.49. The van der Waals surface area contributed by atoms with Crippen LogP contribution in [0.5, 0.6) is 0 Å². The molecule has 0 bridgehead atoms. The first-order valence-corrected chi connectivity index (χ1v) is 7.37. The van der Waals surface area contributed by atoms with E-state index < -0.39 is 0 Å². The highest BCUT2D eigenvalue weighted by atomic mass is 16.6. The van der Waals surface area contributed by atoms with E-state index in [1.807, 2.05) is 4.90 Å². The first-order chi connectivity index (χ1) is 11.1. The average molecular weight is 315 g/mol. The zero-order chi connectivity index (χ0) is 16.2. The van der Waals surface area contributed by atoms with E-state index in [0.29, 0.717) is 31.9 Å². The molecule has 3 rings (SSSR count). The predicted molar refractivity (Wildman–Crippen MR) is 84.1 cm³/mol. The molecule has 1 aromatic carbocycles. The summed E-state index contributed by atoms with van der Waals surface area (Å²) in [5.41, 5.74) is 0.713. The van der Waals surface area contributed by atoms with Gasteiger partial charge in [0.1, 0.15) is 12.2 Å². The van der Waals surface area contributed by atoms with Crippen molar-refractivity contribution in [2.45, 2.75) is 6.54 Å². The third-order valence-electron chi connectivity index (χ3n) is 3.93. The highest BCUT2D eigenvalue weighted by Crippen LogP contribution is 2.28. The topological polar surface area (TPSA) is 84.5 Å². The lowest BCUT2D eigenvalue weighted by atomic mass is 10.2. The number of para-hydroxylation sites is 2. The Morgan fingerprint density at radius 2 is 1.96 bits per heavy atom. The fourth-order valence-corrected chi connectivity index (χ4v) is 2.72. The van der Waals surface area contributed by atoms with E-state index in [-0.39, 0.29) is 23.1 Å². The monoisotopic (exact) mass is 315 g/mol. The number of nitrogens with zero attached hydrogens (tertiary/aromatic N) is 5. The maximum absolute atomic E-state index is 12.2. The van der Waals surface area contributed by atoms with Gasteiger partial charge in [0.2, 0.25) is 5.91 Å². The molecular weight excluding hydrogens is 298 g/mol. The number of carbonyl (C=O) groups is 1. The van der Waals surface area contributed by atoms with Gasteiger partial charge < -0.3 is 14.4 Å². The summed E-state index contributed by atoms with van der Waals surface area (Å²) in [5.74, 6) is 0.0326. The summed E-state index contributed by atoms with van der Waals surface area (Å²) in [6, 6.07) is 6.71. The van der Waals surface area contributed by atoms with Crippen LogP contribution in [0.15, 0.2) is 43.0 Å². The molecule has 0 atom stereocenters. The molecule has 1 saturated heterocycles. The second-order valence-electron chi connectivity index (χ2n) is 5.35. The van der Waals surface area contributed by atoms with Crippen molar-refractivity contribution < 1.29 is 9.72 Å². The van der Waals surface area contributed by atoms with Crippen LogP contribution in [0.1, 0.15) is 0 Å². The molecule has 23 heavy (non-hydrogen) atoms. The fraction of sp³-hybridized carbons (Fsp3) is 0.333. The molecule has 0 spiro atoms. The van der Waals surface area contributed by atoms with E-state index in [9.17, 15) is 14.9 Å². The van der Waals surface area contributed by atoms with Crippen LogP contribution in [0.4, 0.5) is 11.4 Å². The van der Waals surface area contributed by atoms with Gasteiger partial charge in [-0.1, -0.05) is 12.1 Å². The standard InChI is InChI=1S/C15H17N5O3/c21-15(11-17-6-5-16-12-17)19-9-7-18(8-10-19)13-3-1-2-4-14(13)20(22)23/h1-6,12H,7-11H2. The van der Waals surface area contributed by atoms with Crippen molar-refractivity contribution in [2.75, 3.05) is 31.1 Å². The van der Waals surface area contributed by atoms with E-state index >= 15 is 0 Å². The number of rotatable bonds is 4. The highest BCUT2D eigenvalue weighted by molar-refractivity contribution is 5.76. The molecule has 120 valence electrons. The highest BCUT2D eigenvalue weighted by Gasteiger charge is 2.25. The lowest BCUT2D eigenvalue weighted by molar-refractivity contribution is -0.384. The van der Waals surface area contributed by atoms with E-state index in [1.165, 1.54) is 6.07 Å². The van der Waals surface area contributed by atoms with Crippen LogP contribution >= 0.6 is 0 Å². The minimum atomic E-state index is -0.369. The number of amides is 1. The molecule has 1 amide bonds. The van der Waals surface area contributed by atoms with Crippen molar-refractivity contribution in [1.29, 1.82) is 0 Å². The lowest BCUT2D eigenvalue weighted by Gasteiger charge is -2.35. The molecule has 0 aliphatic carbocycles. The molecule has 2 aromatic rings. The van der Waals surface area contributed by atoms with Gasteiger partial charge in [0.25, 0.3) is 5.69 Å². The molecule has 1 aliphatic heterocycles. The van der Waals surface area contributed by atoms with Crippen molar-refractivity contribution in [3.8, 4) is 0 Å². The molecular formula is C15H17N5O3. The number of benzene rings is 1. The van der Waals surface area contributed by atoms with E-state index in [4.69, 9.17) is 0 Å². The summed E-state index contributed by atoms with van der Waals surface area (Å²) in [4.78, 5) is 30.6. The Kier molecular flexibility index (Phi) is 4.22. The Morgan fingerprint density at radius 1 is 1.22 bits per heavy atom. The Bertz CT molecular complexity index is 693. The normalized spacial score (nSPS) is 14.8. The summed E-state index contributed by atoms with van der Waals surface area (Å²) in [7, 11) is 0. The summed E-state index contributed by atoms with van der Waals surface area (Å²) < 4.78 is 1.73. The quantitative estimate of drug-likeness (QED) is 0.624. The van der Waals surface area contributed by atoms with Gasteiger partial charge >= 0.3 is 0 Å². The van der Waals surface area contributed by atoms with Gasteiger partial charge in [0.05, 0.1) is 11.3 Å². The first kappa shape index (κ1) is 15.0. The van der Waals surface area contributed by atoms with Crippen molar-refractivity contribution >= 4 is 17.3 Å². The Morgan fingerprint density at radius 3 is 2.61 bits per heavy atom. The molecule has 2 heterocycles. The minimum Gasteiger partial charge on any atom is -0.362 e. The molecule has 8 heteroatoms. The van der Waals surface area contributed by atoms with Crippen LogP contribution < -0.4 is 4.90 Å². The summed E-state index contributed by atoms with van der Waals surface area (Å²) in [5, 5.41) is 11.1. The SMILES string of the molecule is O=C(Cn1ccnc1)N1CCN(c2ccccc2[N+](=O)[O-])CC1. The van der Waals surface area contributed by atoms with E-state index in [0.717, 1.165) is 0 Å². The zero-order valence-corrected chi connectivity index (χ0v) is 12.5. The number of hydrogen-bond acceptors (Lipinski definition) is 5. The first-order valence-electron chi connectivity index (χ1n) is 7.37. The Labute approximate surface area is 133 Å². The number of anilines is 1. The second-order valence-corrected chi connectivity index (χ2v) is 5.35. The number of carbonyl (C=O) groups excluding carboxylic acids is 1. The van der Waals surface area contributed by atoms with Gasteiger partial charge in [0, 0.05) is 44.6 Å². The van der Waals surface area contributed by atoms with Crippen LogP contribution in [0.25, 0.3) is 0 Å². The van der Waals surface area contributed by atoms with Gasteiger partial charge in [-0.3, -0.25) is 14.9 Å². The molecule has 8 nitrogen and oxygen atoms in total. The van der Waals surface area contributed by atoms with Crippen molar-refractivity contribution in [3.05, 3.63) is 53.1 Å². The molecule has 1 fully saturated rings. The fourth-order valence-electron chi connectivity index (χ4n) is 2.72. The number of aromatic nitrogens is 2. The van der Waals surface area contributed by atoms with Gasteiger partial charge in [0.15, 0.2) is 0 Å². The largest absolute Gasteiger partial charge is 0.362 e. The molecule has 1 aliphatic rings. The van der Waals surface area contributed by atoms with Crippen LogP contribution in [-0.2, 0) is 11.3 Å². The Balaban J connectivity index is 1.62. The van der Waals surface area contributed by atoms with E-state index in [1.54, 1.807) is 46.4 Å². The average Bonchev–Trinajstić information content (AvgIpc) is 3.08. The number of hydrogen-bond donors (Lipinski definition) is 0. The molecule has 0 N–H and O–H groups in total. The minimum absolute atomic E-state index is 0.0326. The third kappa shape index (κ3) is 3.31. The second kappa shape index (κ2) is 6.47. The van der Waals surface area contributed by atoms with Crippen LogP contribution in [0.3, 0.4) is 0 Å². The van der Waals surface area contributed by atoms with E-state index in [2.05, 4.69) is 4.98 Å². The van der Waals surface area contributed by atoms with Crippen LogP contribution in [0, 0.1) is 10.1 Å². The van der Waals surface area contributed by atoms with Gasteiger partial charge in [-0.2, -0.15) is 0 Å². The molecule has 0 radical (unpaired) electrons. The van der Waals surface area contributed by atoms with Crippen LogP contribution in [-0.4, -0.2) is 51.5 Å². The number of nitro benzene ring substituents is 1. The molecule has 0 unspecified atom stereocenters. The number of piperazine rings is 1. The van der Waals surface area contributed by atoms with Gasteiger partial charge in [-0.25, -0.2) is 4.98 Å². The van der Waals surface area contributed by atoms with Gasteiger partial charge in [-0.05, 0) is 6.07 Å². The summed E-state index contributed by atoms with van der Waals surface area (Å²) in [6.45, 7) is 2.55. The molecule has 1 aromatic heterocycles. The van der Waals surface area contributed by atoms with Crippen molar-refractivity contribution in [1.82, 2.24) is 14.5 Å². The van der Waals surface area contributed by atoms with Gasteiger partial charge in [-0.15, -0.1) is 0 Å². The maximum Gasteiger partial charge on any atom is 0.292 e. The summed E-state index contributed by atoms with van der Waals surface area (Å²) >= 11 is 0. The predicted octanol–water partition coefficient (Wildman–Crippen LogP) is 1.14. The smallest absolute Gasteiger partial charge is 0.292 e. The molecule has 0 saturated carbocycles. The number of nitro groups is 1. The van der Waals surface area contributed by atoms with Crippen molar-refractivity contribution in [2.24, 2.45) is 0 Å². The number of imidazole rings is 1. The van der Waals surface area contributed by atoms with Crippen molar-refractivity contribution in [3.63, 3.8) is 0 Å². The zero-order valence-electron chi connectivity index (χ0n) is 12.5. The maximum atomic E-state index is 12.2. The van der Waals surface area contributed by atoms with Crippen LogP contribution in [0.2, 0.25) is 0 Å². The Hall–Kier alpha value is -2.90.